The van der Waals surface area contributed by atoms with Gasteiger partial charge in [-0.1, -0.05) is 32.5 Å². The van der Waals surface area contributed by atoms with Crippen LogP contribution < -0.4 is 5.32 Å². The van der Waals surface area contributed by atoms with E-state index in [9.17, 15) is 0 Å². The van der Waals surface area contributed by atoms with Crippen molar-refractivity contribution >= 4 is 41.7 Å². The molecule has 8 heteroatoms. The van der Waals surface area contributed by atoms with Crippen LogP contribution in [0.1, 0.15) is 45.9 Å². The molecule has 0 amide bonds. The summed E-state index contributed by atoms with van der Waals surface area (Å²) in [7, 11) is 1.88. The van der Waals surface area contributed by atoms with Gasteiger partial charge in [-0.25, -0.2) is 0 Å². The Morgan fingerprint density at radius 1 is 1.31 bits per heavy atom. The highest BCUT2D eigenvalue weighted by Gasteiger charge is 2.18. The van der Waals surface area contributed by atoms with Crippen LogP contribution in [0.15, 0.2) is 10.1 Å². The van der Waals surface area contributed by atoms with Crippen molar-refractivity contribution in [2.45, 2.75) is 58.2 Å². The van der Waals surface area contributed by atoms with Crippen LogP contribution in [0.4, 0.5) is 0 Å². The third kappa shape index (κ3) is 6.90. The smallest absolute Gasteiger partial charge is 0.193 e. The number of hydrogen-bond donors (Lipinski definition) is 1. The molecule has 0 bridgehead atoms. The molecule has 0 spiro atoms. The maximum absolute atomic E-state index is 4.45. The van der Waals surface area contributed by atoms with Gasteiger partial charge in [0.05, 0.1) is 0 Å². The monoisotopic (exact) mass is 494 g/mol. The Kier molecular flexibility index (Phi) is 10.9. The van der Waals surface area contributed by atoms with Gasteiger partial charge >= 0.3 is 0 Å². The summed E-state index contributed by atoms with van der Waals surface area (Å²) in [5.41, 5.74) is 0. The predicted molar refractivity (Wildman–Crippen MR) is 122 cm³/mol. The van der Waals surface area contributed by atoms with Crippen LogP contribution in [-0.4, -0.2) is 58.6 Å². The minimum atomic E-state index is 0. The highest BCUT2D eigenvalue weighted by Crippen LogP contribution is 2.17. The molecule has 1 fully saturated rings. The molecule has 0 atom stereocenters. The van der Waals surface area contributed by atoms with Crippen LogP contribution >= 0.6 is 35.7 Å². The van der Waals surface area contributed by atoms with Gasteiger partial charge in [-0.3, -0.25) is 4.99 Å². The molecule has 2 rings (SSSR count). The van der Waals surface area contributed by atoms with Crippen molar-refractivity contribution in [2.75, 3.05) is 32.9 Å². The first-order valence-electron chi connectivity index (χ1n) is 9.46. The Hall–Kier alpha value is -0.510. The number of nitrogens with one attached hydrogen (secondary N) is 1. The van der Waals surface area contributed by atoms with Gasteiger partial charge in [0.15, 0.2) is 11.1 Å². The summed E-state index contributed by atoms with van der Waals surface area (Å²) in [6, 6.07) is 0. The van der Waals surface area contributed by atoms with Crippen LogP contribution in [0, 0.1) is 11.8 Å². The number of nitrogens with zero attached hydrogens (tertiary/aromatic N) is 5. The number of rotatable bonds is 7. The second-order valence-electron chi connectivity index (χ2n) is 7.35. The molecule has 1 aliphatic heterocycles. The van der Waals surface area contributed by atoms with Gasteiger partial charge in [-0.2, -0.15) is 0 Å². The molecule has 1 aromatic heterocycles. The van der Waals surface area contributed by atoms with E-state index < -0.39 is 0 Å². The molecule has 1 N–H and O–H groups in total. The van der Waals surface area contributed by atoms with Gasteiger partial charge in [0.25, 0.3) is 0 Å². The number of guanidine groups is 1. The van der Waals surface area contributed by atoms with Crippen LogP contribution in [0.25, 0.3) is 0 Å². The summed E-state index contributed by atoms with van der Waals surface area (Å²) in [4.78, 5) is 6.83. The molecule has 0 unspecified atom stereocenters. The molecule has 0 aliphatic carbocycles. The second-order valence-corrected chi connectivity index (χ2v) is 8.13. The maximum Gasteiger partial charge on any atom is 0.193 e. The van der Waals surface area contributed by atoms with Crippen molar-refractivity contribution in [3.05, 3.63) is 5.82 Å². The van der Waals surface area contributed by atoms with E-state index in [1.807, 2.05) is 7.05 Å². The van der Waals surface area contributed by atoms with E-state index >= 15 is 0 Å². The van der Waals surface area contributed by atoms with Crippen molar-refractivity contribution in [3.63, 3.8) is 0 Å². The number of piperidine rings is 1. The summed E-state index contributed by atoms with van der Waals surface area (Å²) >= 11 is 1.67. The average molecular weight is 494 g/mol. The van der Waals surface area contributed by atoms with Crippen molar-refractivity contribution in [1.29, 1.82) is 0 Å². The summed E-state index contributed by atoms with van der Waals surface area (Å²) in [5.74, 6) is 3.58. The molecular weight excluding hydrogens is 459 g/mol. The molecule has 6 nitrogen and oxygen atoms in total. The third-order valence-corrected chi connectivity index (χ3v) is 5.35. The lowest BCUT2D eigenvalue weighted by Gasteiger charge is -2.32. The molecule has 1 aliphatic rings. The van der Waals surface area contributed by atoms with Gasteiger partial charge in [0.2, 0.25) is 0 Å². The molecule has 2 heterocycles. The van der Waals surface area contributed by atoms with Crippen molar-refractivity contribution < 1.29 is 0 Å². The van der Waals surface area contributed by atoms with Gasteiger partial charge in [0.1, 0.15) is 5.82 Å². The normalized spacial score (nSPS) is 16.1. The largest absolute Gasteiger partial charge is 0.356 e. The Balaban J connectivity index is 0.00000338. The maximum atomic E-state index is 4.45. The number of halogens is 1. The molecule has 26 heavy (non-hydrogen) atoms. The van der Waals surface area contributed by atoms with Crippen molar-refractivity contribution in [2.24, 2.45) is 16.8 Å². The van der Waals surface area contributed by atoms with Gasteiger partial charge in [-0.05, 0) is 37.4 Å². The van der Waals surface area contributed by atoms with Crippen LogP contribution in [0.3, 0.4) is 0 Å². The van der Waals surface area contributed by atoms with Gasteiger partial charge < -0.3 is 14.8 Å². The van der Waals surface area contributed by atoms with Gasteiger partial charge in [-0.15, -0.1) is 34.2 Å². The summed E-state index contributed by atoms with van der Waals surface area (Å²) in [6.45, 7) is 10.9. The highest BCUT2D eigenvalue weighted by molar-refractivity contribution is 14.0. The fourth-order valence-electron chi connectivity index (χ4n) is 3.20. The van der Waals surface area contributed by atoms with E-state index in [-0.39, 0.29) is 24.0 Å². The summed E-state index contributed by atoms with van der Waals surface area (Å²) < 4.78 is 2.27. The average Bonchev–Trinajstić information content (AvgIpc) is 2.97. The fraction of sp³-hybridized carbons (Fsp3) is 0.833. The minimum absolute atomic E-state index is 0. The Morgan fingerprint density at radius 2 is 2.00 bits per heavy atom. The predicted octanol–water partition coefficient (Wildman–Crippen LogP) is 3.51. The third-order valence-electron chi connectivity index (χ3n) is 4.68. The number of hydrogen-bond acceptors (Lipinski definition) is 4. The number of likely N-dealkylation sites (tertiary alicyclic amines) is 1. The summed E-state index contributed by atoms with van der Waals surface area (Å²) in [5, 5.41) is 13.3. The molecule has 1 saturated heterocycles. The SMILES string of the molecule is CN=C(NCCCc1nnc(SC)n1CC(C)C)N1CCC(C)CC1.I. The molecular formula is C18H35IN6S. The standard InChI is InChI=1S/C18H34N6S.HI/c1-14(2)13-24-16(21-22-18(24)25-5)7-6-10-20-17(19-4)23-11-8-15(3)9-12-23;/h14-15H,6-13H2,1-5H3,(H,19,20);1H. The Labute approximate surface area is 180 Å². The first-order valence-corrected chi connectivity index (χ1v) is 10.7. The number of aliphatic imine (C=N–C) groups is 1. The fourth-order valence-corrected chi connectivity index (χ4v) is 3.73. The Morgan fingerprint density at radius 3 is 2.58 bits per heavy atom. The lowest BCUT2D eigenvalue weighted by Crippen LogP contribution is -2.45. The van der Waals surface area contributed by atoms with E-state index in [1.54, 1.807) is 11.8 Å². The van der Waals surface area contributed by atoms with E-state index in [0.29, 0.717) is 5.92 Å². The molecule has 0 radical (unpaired) electrons. The minimum Gasteiger partial charge on any atom is -0.356 e. The van der Waals surface area contributed by atoms with E-state index in [1.165, 1.54) is 12.8 Å². The first-order chi connectivity index (χ1) is 12.0. The highest BCUT2D eigenvalue weighted by atomic mass is 127. The van der Waals surface area contributed by atoms with Crippen LogP contribution in [0.2, 0.25) is 0 Å². The zero-order chi connectivity index (χ0) is 18.2. The number of thioether (sulfide) groups is 1. The number of aryl methyl sites for hydroxylation is 1. The molecule has 0 saturated carbocycles. The second kappa shape index (κ2) is 12.0. The first kappa shape index (κ1) is 23.5. The zero-order valence-corrected chi connectivity index (χ0v) is 20.0. The van der Waals surface area contributed by atoms with E-state index in [2.05, 4.69) is 57.0 Å². The Bertz CT molecular complexity index is 552. The quantitative estimate of drug-likeness (QED) is 0.207. The lowest BCUT2D eigenvalue weighted by molar-refractivity contribution is 0.273. The summed E-state index contributed by atoms with van der Waals surface area (Å²) in [6.07, 6.45) is 6.57. The van der Waals surface area contributed by atoms with Gasteiger partial charge in [0, 0.05) is 39.6 Å². The van der Waals surface area contributed by atoms with Crippen molar-refractivity contribution in [3.8, 4) is 0 Å². The van der Waals surface area contributed by atoms with E-state index in [0.717, 1.165) is 61.9 Å². The molecule has 1 aromatic rings. The van der Waals surface area contributed by atoms with E-state index in [4.69, 9.17) is 0 Å². The van der Waals surface area contributed by atoms with Crippen LogP contribution in [-0.2, 0) is 13.0 Å². The molecule has 0 aromatic carbocycles. The number of aromatic nitrogens is 3. The lowest BCUT2D eigenvalue weighted by atomic mass is 10.00. The zero-order valence-electron chi connectivity index (χ0n) is 16.9. The topological polar surface area (TPSA) is 58.3 Å². The van der Waals surface area contributed by atoms with Crippen molar-refractivity contribution in [1.82, 2.24) is 25.0 Å². The van der Waals surface area contributed by atoms with Crippen LogP contribution in [0.5, 0.6) is 0 Å². The molecule has 150 valence electrons.